The van der Waals surface area contributed by atoms with Crippen LogP contribution in [0.2, 0.25) is 0 Å². The average molecular weight is 389 g/mol. The summed E-state index contributed by atoms with van der Waals surface area (Å²) in [6.07, 6.45) is 2.96. The molecule has 5 nitrogen and oxygen atoms in total. The third-order valence-corrected chi connectivity index (χ3v) is 6.45. The Hall–Kier alpha value is -1.99. The van der Waals surface area contributed by atoms with Crippen LogP contribution in [0.5, 0.6) is 0 Å². The highest BCUT2D eigenvalue weighted by atomic mass is 32.1. The lowest BCUT2D eigenvalue weighted by molar-refractivity contribution is -0.125. The van der Waals surface area contributed by atoms with Crippen LogP contribution in [0.4, 0.5) is 9.52 Å². The third-order valence-electron chi connectivity index (χ3n) is 5.23. The number of anilines is 1. The number of benzene rings is 1. The number of carbonyl (C=O) groups is 1. The number of nitrogens with one attached hydrogen (secondary N) is 1. The molecule has 0 spiro atoms. The maximum absolute atomic E-state index is 13.7. The minimum Gasteiger partial charge on any atom is -0.378 e. The van der Waals surface area contributed by atoms with Crippen molar-refractivity contribution in [3.05, 3.63) is 46.2 Å². The lowest BCUT2D eigenvalue weighted by Gasteiger charge is -2.26. The molecule has 1 N–H and O–H groups in total. The molecule has 1 aliphatic heterocycles. The molecule has 144 valence electrons. The first-order valence-corrected chi connectivity index (χ1v) is 10.3. The molecule has 1 aromatic heterocycles. The van der Waals surface area contributed by atoms with E-state index in [1.165, 1.54) is 10.9 Å². The number of amides is 1. The van der Waals surface area contributed by atoms with Crippen LogP contribution in [-0.2, 0) is 28.8 Å². The summed E-state index contributed by atoms with van der Waals surface area (Å²) in [5.74, 6) is -0.206. The van der Waals surface area contributed by atoms with Crippen LogP contribution in [0.3, 0.4) is 0 Å². The van der Waals surface area contributed by atoms with Crippen molar-refractivity contribution < 1.29 is 13.9 Å². The van der Waals surface area contributed by atoms with E-state index in [1.54, 1.807) is 23.5 Å². The van der Waals surface area contributed by atoms with E-state index in [2.05, 4.69) is 10.2 Å². The van der Waals surface area contributed by atoms with E-state index >= 15 is 0 Å². The lowest BCUT2D eigenvalue weighted by atomic mass is 9.90. The maximum Gasteiger partial charge on any atom is 0.223 e. The first-order chi connectivity index (χ1) is 13.2. The number of halogens is 1. The quantitative estimate of drug-likeness (QED) is 0.854. The number of fused-ring (bicyclic) bond motifs is 1. The normalized spacial score (nSPS) is 19.6. The second-order valence-corrected chi connectivity index (χ2v) is 8.10. The minimum atomic E-state index is -0.216. The Balaban J connectivity index is 1.31. The molecule has 1 unspecified atom stereocenters. The summed E-state index contributed by atoms with van der Waals surface area (Å²) < 4.78 is 19.1. The molecule has 1 amide bonds. The Morgan fingerprint density at radius 1 is 1.33 bits per heavy atom. The number of rotatable bonds is 5. The molecule has 0 saturated carbocycles. The van der Waals surface area contributed by atoms with Gasteiger partial charge in [-0.1, -0.05) is 18.2 Å². The Morgan fingerprint density at radius 2 is 2.15 bits per heavy atom. The number of morpholine rings is 1. The highest BCUT2D eigenvalue weighted by molar-refractivity contribution is 7.15. The molecule has 27 heavy (non-hydrogen) atoms. The van der Waals surface area contributed by atoms with Crippen molar-refractivity contribution >= 4 is 22.4 Å². The fourth-order valence-corrected chi connectivity index (χ4v) is 4.80. The van der Waals surface area contributed by atoms with Crippen LogP contribution in [0.15, 0.2) is 24.3 Å². The predicted molar refractivity (Wildman–Crippen MR) is 104 cm³/mol. The largest absolute Gasteiger partial charge is 0.378 e. The second-order valence-electron chi connectivity index (χ2n) is 7.04. The van der Waals surface area contributed by atoms with Crippen molar-refractivity contribution in [3.63, 3.8) is 0 Å². The lowest BCUT2D eigenvalue weighted by Crippen LogP contribution is -2.36. The zero-order chi connectivity index (χ0) is 18.6. The summed E-state index contributed by atoms with van der Waals surface area (Å²) in [6, 6.07) is 6.71. The van der Waals surface area contributed by atoms with Crippen molar-refractivity contribution in [1.29, 1.82) is 0 Å². The Kier molecular flexibility index (Phi) is 5.69. The Morgan fingerprint density at radius 3 is 2.96 bits per heavy atom. The molecule has 2 heterocycles. The molecule has 0 bridgehead atoms. The van der Waals surface area contributed by atoms with Crippen LogP contribution < -0.4 is 10.2 Å². The molecule has 1 aromatic carbocycles. The molecular formula is C20H24FN3O2S. The highest BCUT2D eigenvalue weighted by Crippen LogP contribution is 2.34. The topological polar surface area (TPSA) is 54.5 Å². The summed E-state index contributed by atoms with van der Waals surface area (Å²) >= 11 is 1.76. The summed E-state index contributed by atoms with van der Waals surface area (Å²) in [7, 11) is 0. The molecule has 1 saturated heterocycles. The molecular weight excluding hydrogens is 365 g/mol. The van der Waals surface area contributed by atoms with E-state index in [-0.39, 0.29) is 17.6 Å². The van der Waals surface area contributed by atoms with E-state index in [1.807, 2.05) is 6.07 Å². The van der Waals surface area contributed by atoms with Gasteiger partial charge in [-0.2, -0.15) is 0 Å². The number of hydrogen-bond acceptors (Lipinski definition) is 5. The third kappa shape index (κ3) is 4.30. The zero-order valence-electron chi connectivity index (χ0n) is 15.2. The maximum atomic E-state index is 13.7. The van der Waals surface area contributed by atoms with Crippen molar-refractivity contribution in [2.24, 2.45) is 5.92 Å². The molecule has 4 rings (SSSR count). The number of hydrogen-bond donors (Lipinski definition) is 1. The number of nitrogens with zero attached hydrogens (tertiary/aromatic N) is 2. The molecule has 2 aliphatic rings. The van der Waals surface area contributed by atoms with Gasteiger partial charge in [0.2, 0.25) is 5.91 Å². The standard InChI is InChI=1S/C20H24FN3O2S/c21-16-4-2-1-3-14(16)7-8-22-19(25)15-5-6-18-17(13-15)23-20(27-18)24-9-11-26-12-10-24/h1-4,15H,5-13H2,(H,22,25). The fourth-order valence-electron chi connectivity index (χ4n) is 3.64. The first kappa shape index (κ1) is 18.4. The van der Waals surface area contributed by atoms with Crippen LogP contribution >= 0.6 is 11.3 Å². The van der Waals surface area contributed by atoms with Gasteiger partial charge in [-0.05, 0) is 30.9 Å². The Labute approximate surface area is 162 Å². The van der Waals surface area contributed by atoms with Gasteiger partial charge in [0.1, 0.15) is 5.82 Å². The number of carbonyl (C=O) groups excluding carboxylic acids is 1. The highest BCUT2D eigenvalue weighted by Gasteiger charge is 2.28. The van der Waals surface area contributed by atoms with Crippen LogP contribution in [0, 0.1) is 11.7 Å². The van der Waals surface area contributed by atoms with Crippen LogP contribution in [0.25, 0.3) is 0 Å². The van der Waals surface area contributed by atoms with Gasteiger partial charge in [0.05, 0.1) is 18.9 Å². The van der Waals surface area contributed by atoms with Crippen molar-refractivity contribution in [3.8, 4) is 0 Å². The van der Waals surface area contributed by atoms with Crippen molar-refractivity contribution in [2.45, 2.75) is 25.7 Å². The van der Waals surface area contributed by atoms with Crippen LogP contribution in [-0.4, -0.2) is 43.7 Å². The van der Waals surface area contributed by atoms with Crippen LogP contribution in [0.1, 0.15) is 22.6 Å². The van der Waals surface area contributed by atoms with Crippen molar-refractivity contribution in [2.75, 3.05) is 37.7 Å². The van der Waals surface area contributed by atoms with Gasteiger partial charge in [0, 0.05) is 36.9 Å². The minimum absolute atomic E-state index is 0.0437. The van der Waals surface area contributed by atoms with Gasteiger partial charge in [-0.15, -0.1) is 11.3 Å². The Bertz CT molecular complexity index is 804. The summed E-state index contributed by atoms with van der Waals surface area (Å²) in [5.41, 5.74) is 1.71. The van der Waals surface area contributed by atoms with Gasteiger partial charge in [-0.3, -0.25) is 4.79 Å². The molecule has 7 heteroatoms. The smallest absolute Gasteiger partial charge is 0.223 e. The molecule has 2 aromatic rings. The first-order valence-electron chi connectivity index (χ1n) is 9.53. The summed E-state index contributed by atoms with van der Waals surface area (Å²) in [5, 5.41) is 4.03. The summed E-state index contributed by atoms with van der Waals surface area (Å²) in [6.45, 7) is 3.71. The summed E-state index contributed by atoms with van der Waals surface area (Å²) in [4.78, 5) is 20.9. The van der Waals surface area contributed by atoms with Gasteiger partial charge in [-0.25, -0.2) is 9.37 Å². The van der Waals surface area contributed by atoms with E-state index in [0.717, 1.165) is 50.0 Å². The van der Waals surface area contributed by atoms with E-state index in [4.69, 9.17) is 9.72 Å². The van der Waals surface area contributed by atoms with Gasteiger partial charge >= 0.3 is 0 Å². The van der Waals surface area contributed by atoms with E-state index in [0.29, 0.717) is 24.9 Å². The molecule has 1 atom stereocenters. The number of ether oxygens (including phenoxy) is 1. The van der Waals surface area contributed by atoms with E-state index < -0.39 is 0 Å². The monoisotopic (exact) mass is 389 g/mol. The SMILES string of the molecule is O=C(NCCc1ccccc1F)C1CCc2sc(N3CCOCC3)nc2C1. The molecule has 0 radical (unpaired) electrons. The van der Waals surface area contributed by atoms with Gasteiger partial charge < -0.3 is 15.0 Å². The zero-order valence-corrected chi connectivity index (χ0v) is 16.1. The number of aryl methyl sites for hydroxylation is 1. The second kappa shape index (κ2) is 8.35. The fraction of sp³-hybridized carbons (Fsp3) is 0.500. The molecule has 1 aliphatic carbocycles. The van der Waals surface area contributed by atoms with E-state index in [9.17, 15) is 9.18 Å². The predicted octanol–water partition coefficient (Wildman–Crippen LogP) is 2.58. The average Bonchev–Trinajstić information content (AvgIpc) is 3.13. The van der Waals surface area contributed by atoms with Crippen molar-refractivity contribution in [1.82, 2.24) is 10.3 Å². The molecule has 1 fully saturated rings. The number of aromatic nitrogens is 1. The van der Waals surface area contributed by atoms with Gasteiger partial charge in [0.25, 0.3) is 0 Å². The number of thiazole rings is 1. The van der Waals surface area contributed by atoms with Gasteiger partial charge in [0.15, 0.2) is 5.13 Å².